The molecule has 0 aliphatic rings. The van der Waals surface area contributed by atoms with Gasteiger partial charge in [0.2, 0.25) is 0 Å². The van der Waals surface area contributed by atoms with Gasteiger partial charge in [-0.25, -0.2) is 4.39 Å². The molecule has 0 unspecified atom stereocenters. The fraction of sp³-hybridized carbons (Fsp3) is 0.211. The van der Waals surface area contributed by atoms with Crippen LogP contribution in [-0.2, 0) is 11.2 Å². The van der Waals surface area contributed by atoms with Gasteiger partial charge in [0.25, 0.3) is 5.91 Å². The number of carbonyl (C=O) groups excluding carboxylic acids is 1. The molecule has 0 aliphatic heterocycles. The molecule has 4 nitrogen and oxygen atoms in total. The summed E-state index contributed by atoms with van der Waals surface area (Å²) in [6.07, 6.45) is 2.51. The number of benzene rings is 2. The lowest BCUT2D eigenvalue weighted by atomic mass is 10.1. The van der Waals surface area contributed by atoms with Crippen LogP contribution in [0.5, 0.6) is 5.75 Å². The molecule has 1 heterocycles. The molecule has 0 spiro atoms. The van der Waals surface area contributed by atoms with Crippen LogP contribution in [0.1, 0.15) is 11.1 Å². The normalized spacial score (nSPS) is 10.8. The second-order valence-electron chi connectivity index (χ2n) is 5.71. The number of hydrogen-bond donors (Lipinski definition) is 2. The minimum absolute atomic E-state index is 0.0117. The highest BCUT2D eigenvalue weighted by atomic mass is 19.1. The number of H-pyrrole nitrogens is 1. The molecule has 2 N–H and O–H groups in total. The summed E-state index contributed by atoms with van der Waals surface area (Å²) in [6.45, 7) is 2.48. The van der Waals surface area contributed by atoms with E-state index in [-0.39, 0.29) is 18.3 Å². The maximum absolute atomic E-state index is 13.2. The molecule has 24 heavy (non-hydrogen) atoms. The topological polar surface area (TPSA) is 54.1 Å². The Hall–Kier alpha value is -2.82. The van der Waals surface area contributed by atoms with E-state index in [1.165, 1.54) is 12.1 Å². The molecule has 0 saturated heterocycles. The maximum Gasteiger partial charge on any atom is 0.257 e. The Balaban J connectivity index is 1.47. The van der Waals surface area contributed by atoms with Crippen molar-refractivity contribution in [1.82, 2.24) is 10.3 Å². The summed E-state index contributed by atoms with van der Waals surface area (Å²) >= 11 is 0. The van der Waals surface area contributed by atoms with Gasteiger partial charge in [-0.2, -0.15) is 0 Å². The third-order valence-corrected chi connectivity index (χ3v) is 3.84. The van der Waals surface area contributed by atoms with E-state index < -0.39 is 0 Å². The Morgan fingerprint density at radius 3 is 2.79 bits per heavy atom. The van der Waals surface area contributed by atoms with E-state index in [1.54, 1.807) is 6.07 Å². The Morgan fingerprint density at radius 1 is 1.21 bits per heavy atom. The standard InChI is InChI=1S/C19H19FN2O2/c1-13-2-5-16(6-3-13)24-12-19(23)21-9-8-14-11-22-18-10-15(20)4-7-17(14)18/h2-7,10-11,22H,8-9,12H2,1H3,(H,21,23). The second-order valence-corrected chi connectivity index (χ2v) is 5.71. The lowest BCUT2D eigenvalue weighted by Crippen LogP contribution is -2.30. The van der Waals surface area contributed by atoms with Gasteiger partial charge in [0, 0.05) is 23.6 Å². The van der Waals surface area contributed by atoms with E-state index in [1.807, 2.05) is 37.4 Å². The van der Waals surface area contributed by atoms with Gasteiger partial charge < -0.3 is 15.0 Å². The highest BCUT2D eigenvalue weighted by molar-refractivity contribution is 5.83. The third-order valence-electron chi connectivity index (χ3n) is 3.84. The Bertz CT molecular complexity index is 840. The third kappa shape index (κ3) is 3.93. The summed E-state index contributed by atoms with van der Waals surface area (Å²) in [7, 11) is 0. The SMILES string of the molecule is Cc1ccc(OCC(=O)NCCc2c[nH]c3cc(F)ccc23)cc1. The van der Waals surface area contributed by atoms with Crippen LogP contribution in [0, 0.1) is 12.7 Å². The molecular weight excluding hydrogens is 307 g/mol. The van der Waals surface area contributed by atoms with Gasteiger partial charge in [-0.1, -0.05) is 17.7 Å². The van der Waals surface area contributed by atoms with Gasteiger partial charge in [-0.3, -0.25) is 4.79 Å². The van der Waals surface area contributed by atoms with Gasteiger partial charge in [-0.15, -0.1) is 0 Å². The predicted octanol–water partition coefficient (Wildman–Crippen LogP) is 3.35. The van der Waals surface area contributed by atoms with Crippen LogP contribution < -0.4 is 10.1 Å². The van der Waals surface area contributed by atoms with Crippen LogP contribution in [0.3, 0.4) is 0 Å². The van der Waals surface area contributed by atoms with Gasteiger partial charge in [0.15, 0.2) is 6.61 Å². The first-order valence-electron chi connectivity index (χ1n) is 7.83. The summed E-state index contributed by atoms with van der Waals surface area (Å²) in [4.78, 5) is 14.9. The first-order valence-corrected chi connectivity index (χ1v) is 7.83. The number of aromatic amines is 1. The largest absolute Gasteiger partial charge is 0.484 e. The van der Waals surface area contributed by atoms with Crippen LogP contribution in [0.25, 0.3) is 10.9 Å². The van der Waals surface area contributed by atoms with Crippen molar-refractivity contribution in [2.24, 2.45) is 0 Å². The van der Waals surface area contributed by atoms with E-state index in [0.29, 0.717) is 18.7 Å². The molecule has 3 rings (SSSR count). The second kappa shape index (κ2) is 7.17. The minimum Gasteiger partial charge on any atom is -0.484 e. The minimum atomic E-state index is -0.266. The predicted molar refractivity (Wildman–Crippen MR) is 91.6 cm³/mol. The Morgan fingerprint density at radius 2 is 2.00 bits per heavy atom. The fourth-order valence-electron chi connectivity index (χ4n) is 2.54. The summed E-state index contributed by atoms with van der Waals surface area (Å²) in [5, 5.41) is 3.80. The molecule has 124 valence electrons. The van der Waals surface area contributed by atoms with Gasteiger partial charge in [0.05, 0.1) is 0 Å². The number of nitrogens with one attached hydrogen (secondary N) is 2. The molecule has 1 aromatic heterocycles. The van der Waals surface area contributed by atoms with Crippen molar-refractivity contribution in [2.75, 3.05) is 13.2 Å². The zero-order valence-corrected chi connectivity index (χ0v) is 13.4. The van der Waals surface area contributed by atoms with E-state index in [9.17, 15) is 9.18 Å². The van der Waals surface area contributed by atoms with E-state index in [0.717, 1.165) is 22.0 Å². The van der Waals surface area contributed by atoms with Crippen molar-refractivity contribution in [3.8, 4) is 5.75 Å². The molecule has 0 bridgehead atoms. The fourth-order valence-corrected chi connectivity index (χ4v) is 2.54. The molecular formula is C19H19FN2O2. The van der Waals surface area contributed by atoms with Crippen molar-refractivity contribution in [1.29, 1.82) is 0 Å². The quantitative estimate of drug-likeness (QED) is 0.730. The van der Waals surface area contributed by atoms with E-state index in [4.69, 9.17) is 4.74 Å². The number of hydrogen-bond acceptors (Lipinski definition) is 2. The molecule has 1 amide bonds. The Labute approximate surface area is 139 Å². The zero-order valence-electron chi connectivity index (χ0n) is 13.4. The van der Waals surface area contributed by atoms with Crippen LogP contribution in [-0.4, -0.2) is 24.0 Å². The number of aromatic nitrogens is 1. The molecule has 0 aliphatic carbocycles. The zero-order chi connectivity index (χ0) is 16.9. The summed E-state index contributed by atoms with van der Waals surface area (Å²) in [5.74, 6) is 0.244. The average Bonchev–Trinajstić information content (AvgIpc) is 2.96. The van der Waals surface area contributed by atoms with Crippen LogP contribution in [0.15, 0.2) is 48.7 Å². The first kappa shape index (κ1) is 16.1. The lowest BCUT2D eigenvalue weighted by Gasteiger charge is -2.07. The lowest BCUT2D eigenvalue weighted by molar-refractivity contribution is -0.123. The molecule has 5 heteroatoms. The van der Waals surface area contributed by atoms with Crippen molar-refractivity contribution < 1.29 is 13.9 Å². The number of halogens is 1. The van der Waals surface area contributed by atoms with Gasteiger partial charge in [-0.05, 0) is 49.2 Å². The maximum atomic E-state index is 13.2. The summed E-state index contributed by atoms with van der Waals surface area (Å²) in [5.41, 5.74) is 2.95. The number of aryl methyl sites for hydroxylation is 1. The van der Waals surface area contributed by atoms with Gasteiger partial charge >= 0.3 is 0 Å². The Kier molecular flexibility index (Phi) is 4.79. The van der Waals surface area contributed by atoms with Gasteiger partial charge in [0.1, 0.15) is 11.6 Å². The summed E-state index contributed by atoms with van der Waals surface area (Å²) < 4.78 is 18.6. The van der Waals surface area contributed by atoms with Crippen molar-refractivity contribution in [3.63, 3.8) is 0 Å². The molecule has 2 aromatic carbocycles. The number of amides is 1. The monoisotopic (exact) mass is 326 g/mol. The van der Waals surface area contributed by atoms with Crippen LogP contribution in [0.2, 0.25) is 0 Å². The molecule has 0 atom stereocenters. The average molecular weight is 326 g/mol. The molecule has 0 radical (unpaired) electrons. The molecule has 0 saturated carbocycles. The van der Waals surface area contributed by atoms with E-state index in [2.05, 4.69) is 10.3 Å². The summed E-state index contributed by atoms with van der Waals surface area (Å²) in [6, 6.07) is 12.2. The number of ether oxygens (including phenoxy) is 1. The van der Waals surface area contributed by atoms with Crippen molar-refractivity contribution in [3.05, 3.63) is 65.6 Å². The van der Waals surface area contributed by atoms with Crippen molar-refractivity contribution in [2.45, 2.75) is 13.3 Å². The number of rotatable bonds is 6. The molecule has 3 aromatic rings. The van der Waals surface area contributed by atoms with Crippen LogP contribution >= 0.6 is 0 Å². The van der Waals surface area contributed by atoms with Crippen molar-refractivity contribution >= 4 is 16.8 Å². The smallest absolute Gasteiger partial charge is 0.257 e. The van der Waals surface area contributed by atoms with Crippen LogP contribution in [0.4, 0.5) is 4.39 Å². The first-order chi connectivity index (χ1) is 11.6. The highest BCUT2D eigenvalue weighted by Crippen LogP contribution is 2.19. The number of carbonyl (C=O) groups is 1. The van der Waals surface area contributed by atoms with E-state index >= 15 is 0 Å². The number of fused-ring (bicyclic) bond motifs is 1. The highest BCUT2D eigenvalue weighted by Gasteiger charge is 2.06. The molecule has 0 fully saturated rings.